The maximum absolute atomic E-state index is 12.5. The molecule has 0 radical (unpaired) electrons. The van der Waals surface area contributed by atoms with Crippen molar-refractivity contribution in [3.8, 4) is 0 Å². The average molecular weight is 307 g/mol. The van der Waals surface area contributed by atoms with Crippen LogP contribution in [0.1, 0.15) is 37.5 Å². The van der Waals surface area contributed by atoms with E-state index in [1.807, 2.05) is 6.07 Å². The topological polar surface area (TPSA) is 62.3 Å². The molecule has 1 unspecified atom stereocenters. The van der Waals surface area contributed by atoms with Crippen LogP contribution in [0.4, 0.5) is 0 Å². The maximum atomic E-state index is 12.5. The molecule has 2 amide bonds. The summed E-state index contributed by atoms with van der Waals surface area (Å²) in [5, 5.41) is 2.92. The second-order valence-electron chi connectivity index (χ2n) is 6.12. The van der Waals surface area contributed by atoms with Gasteiger partial charge in [0.15, 0.2) is 0 Å². The predicted octanol–water partition coefficient (Wildman–Crippen LogP) is 1.59. The summed E-state index contributed by atoms with van der Waals surface area (Å²) >= 11 is 1.41. The molecule has 3 heterocycles. The summed E-state index contributed by atoms with van der Waals surface area (Å²) < 4.78 is 4.06. The van der Waals surface area contributed by atoms with Crippen LogP contribution in [0.2, 0.25) is 0 Å². The second kappa shape index (κ2) is 6.13. The van der Waals surface area contributed by atoms with E-state index in [9.17, 15) is 9.59 Å². The average Bonchev–Trinajstić information content (AvgIpc) is 3.03. The second-order valence-corrected chi connectivity index (χ2v) is 7.03. The zero-order valence-corrected chi connectivity index (χ0v) is 13.1. The lowest BCUT2D eigenvalue weighted by molar-refractivity contribution is -0.135. The molecule has 0 saturated carbocycles. The highest BCUT2D eigenvalue weighted by atomic mass is 32.1. The fourth-order valence-corrected chi connectivity index (χ4v) is 4.29. The highest BCUT2D eigenvalue weighted by Gasteiger charge is 2.42. The van der Waals surface area contributed by atoms with E-state index in [4.69, 9.17) is 0 Å². The summed E-state index contributed by atoms with van der Waals surface area (Å²) in [6, 6.07) is 2.65. The van der Waals surface area contributed by atoms with E-state index in [-0.39, 0.29) is 11.8 Å². The Morgan fingerprint density at radius 3 is 2.67 bits per heavy atom. The molecule has 21 heavy (non-hydrogen) atoms. The van der Waals surface area contributed by atoms with E-state index in [1.54, 1.807) is 13.1 Å². The Labute approximate surface area is 128 Å². The molecule has 0 aromatic carbocycles. The SMILES string of the molecule is CC(=O)NCC1C[C@H]2CC[C@@H](C1)N2C(=O)Cc1ccns1. The predicted molar refractivity (Wildman–Crippen MR) is 80.9 cm³/mol. The van der Waals surface area contributed by atoms with Gasteiger partial charge < -0.3 is 10.2 Å². The van der Waals surface area contributed by atoms with E-state index in [0.717, 1.165) is 37.1 Å². The van der Waals surface area contributed by atoms with Gasteiger partial charge in [0.1, 0.15) is 0 Å². The van der Waals surface area contributed by atoms with Crippen LogP contribution in [-0.4, -0.2) is 39.7 Å². The highest BCUT2D eigenvalue weighted by Crippen LogP contribution is 2.38. The molecule has 1 N–H and O–H groups in total. The van der Waals surface area contributed by atoms with Gasteiger partial charge in [0.25, 0.3) is 0 Å². The standard InChI is InChI=1S/C15H21N3O2S/c1-10(19)16-9-11-6-12-2-3-13(7-11)18(12)15(20)8-14-4-5-17-21-14/h4-5,11-13H,2-3,6-9H2,1H3,(H,16,19)/t11?,12-,13+. The third-order valence-electron chi connectivity index (χ3n) is 4.58. The summed E-state index contributed by atoms with van der Waals surface area (Å²) in [5.41, 5.74) is 0. The minimum absolute atomic E-state index is 0.0334. The molecule has 0 spiro atoms. The molecule has 2 aliphatic rings. The first-order chi connectivity index (χ1) is 10.1. The van der Waals surface area contributed by atoms with Crippen LogP contribution < -0.4 is 5.32 Å². The molecule has 2 fully saturated rings. The van der Waals surface area contributed by atoms with Gasteiger partial charge in [-0.05, 0) is 49.2 Å². The van der Waals surface area contributed by atoms with Gasteiger partial charge in [0, 0.05) is 36.6 Å². The highest BCUT2D eigenvalue weighted by molar-refractivity contribution is 7.05. The molecule has 3 atom stereocenters. The van der Waals surface area contributed by atoms with Crippen molar-refractivity contribution < 1.29 is 9.59 Å². The van der Waals surface area contributed by atoms with Crippen molar-refractivity contribution in [3.05, 3.63) is 17.1 Å². The van der Waals surface area contributed by atoms with E-state index < -0.39 is 0 Å². The van der Waals surface area contributed by atoms with Crippen LogP contribution in [0.25, 0.3) is 0 Å². The summed E-state index contributed by atoms with van der Waals surface area (Å²) in [4.78, 5) is 26.7. The normalized spacial score (nSPS) is 27.7. The van der Waals surface area contributed by atoms with Gasteiger partial charge in [-0.1, -0.05) is 0 Å². The Kier molecular flexibility index (Phi) is 4.24. The molecule has 114 valence electrons. The van der Waals surface area contributed by atoms with E-state index in [1.165, 1.54) is 11.5 Å². The number of nitrogens with one attached hydrogen (secondary N) is 1. The smallest absolute Gasteiger partial charge is 0.228 e. The lowest BCUT2D eigenvalue weighted by Gasteiger charge is -2.39. The van der Waals surface area contributed by atoms with Crippen molar-refractivity contribution in [2.75, 3.05) is 6.54 Å². The number of fused-ring (bicyclic) bond motifs is 2. The van der Waals surface area contributed by atoms with E-state index in [2.05, 4.69) is 14.6 Å². The van der Waals surface area contributed by atoms with Crippen LogP contribution in [0.3, 0.4) is 0 Å². The first-order valence-electron chi connectivity index (χ1n) is 7.58. The Bertz CT molecular complexity index is 503. The van der Waals surface area contributed by atoms with E-state index in [0.29, 0.717) is 24.4 Å². The number of aromatic nitrogens is 1. The van der Waals surface area contributed by atoms with Crippen LogP contribution in [0.15, 0.2) is 12.3 Å². The van der Waals surface area contributed by atoms with Gasteiger partial charge in [0.2, 0.25) is 11.8 Å². The van der Waals surface area contributed by atoms with Crippen molar-refractivity contribution in [2.45, 2.75) is 51.1 Å². The molecule has 0 aliphatic carbocycles. The summed E-state index contributed by atoms with van der Waals surface area (Å²) in [6.45, 7) is 2.31. The monoisotopic (exact) mass is 307 g/mol. The van der Waals surface area contributed by atoms with E-state index >= 15 is 0 Å². The van der Waals surface area contributed by atoms with Crippen LogP contribution in [0.5, 0.6) is 0 Å². The third-order valence-corrected chi connectivity index (χ3v) is 5.32. The quantitative estimate of drug-likeness (QED) is 0.919. The fraction of sp³-hybridized carbons (Fsp3) is 0.667. The summed E-state index contributed by atoms with van der Waals surface area (Å²) in [6.07, 6.45) is 6.48. The molecule has 2 saturated heterocycles. The first kappa shape index (κ1) is 14.5. The zero-order chi connectivity index (χ0) is 14.8. The number of carbonyl (C=O) groups is 2. The summed E-state index contributed by atoms with van der Waals surface area (Å²) in [5.74, 6) is 0.787. The molecule has 3 rings (SSSR count). The first-order valence-corrected chi connectivity index (χ1v) is 8.36. The minimum atomic E-state index is 0.0334. The lowest BCUT2D eigenvalue weighted by atomic mass is 9.90. The van der Waals surface area contributed by atoms with Gasteiger partial charge in [-0.2, -0.15) is 0 Å². The van der Waals surface area contributed by atoms with Crippen molar-refractivity contribution in [2.24, 2.45) is 5.92 Å². The van der Waals surface area contributed by atoms with Gasteiger partial charge >= 0.3 is 0 Å². The van der Waals surface area contributed by atoms with Gasteiger partial charge in [0.05, 0.1) is 6.42 Å². The third kappa shape index (κ3) is 3.26. The van der Waals surface area contributed by atoms with Crippen molar-refractivity contribution in [1.82, 2.24) is 14.6 Å². The Hall–Kier alpha value is -1.43. The van der Waals surface area contributed by atoms with Gasteiger partial charge in [-0.25, -0.2) is 4.37 Å². The Morgan fingerprint density at radius 1 is 1.38 bits per heavy atom. The molecular weight excluding hydrogens is 286 g/mol. The van der Waals surface area contributed by atoms with Crippen molar-refractivity contribution in [3.63, 3.8) is 0 Å². The van der Waals surface area contributed by atoms with Crippen molar-refractivity contribution >= 4 is 23.3 Å². The number of hydrogen-bond acceptors (Lipinski definition) is 4. The van der Waals surface area contributed by atoms with Crippen LogP contribution in [-0.2, 0) is 16.0 Å². The number of piperidine rings is 1. The van der Waals surface area contributed by atoms with Crippen LogP contribution >= 0.6 is 11.5 Å². The number of nitrogens with zero attached hydrogens (tertiary/aromatic N) is 2. The largest absolute Gasteiger partial charge is 0.356 e. The molecular formula is C15H21N3O2S. The number of amides is 2. The minimum Gasteiger partial charge on any atom is -0.356 e. The number of hydrogen-bond donors (Lipinski definition) is 1. The maximum Gasteiger partial charge on any atom is 0.228 e. The molecule has 1 aromatic heterocycles. The molecule has 5 nitrogen and oxygen atoms in total. The summed E-state index contributed by atoms with van der Waals surface area (Å²) in [7, 11) is 0. The zero-order valence-electron chi connectivity index (χ0n) is 12.2. The molecule has 2 bridgehead atoms. The Balaban J connectivity index is 1.59. The molecule has 6 heteroatoms. The molecule has 2 aliphatic heterocycles. The number of rotatable bonds is 4. The lowest BCUT2D eigenvalue weighted by Crippen LogP contribution is -2.48. The van der Waals surface area contributed by atoms with Crippen LogP contribution in [0, 0.1) is 5.92 Å². The van der Waals surface area contributed by atoms with Gasteiger partial charge in [-0.3, -0.25) is 9.59 Å². The van der Waals surface area contributed by atoms with Gasteiger partial charge in [-0.15, -0.1) is 0 Å². The number of carbonyl (C=O) groups excluding carboxylic acids is 2. The fourth-order valence-electron chi connectivity index (χ4n) is 3.73. The Morgan fingerprint density at radius 2 is 2.10 bits per heavy atom. The molecule has 1 aromatic rings. The van der Waals surface area contributed by atoms with Crippen molar-refractivity contribution in [1.29, 1.82) is 0 Å².